The molecule has 0 aliphatic rings. The molecule has 2 heterocycles. The molecule has 28 heavy (non-hydrogen) atoms. The monoisotopic (exact) mass is 391 g/mol. The molecule has 1 aromatic carbocycles. The van der Waals surface area contributed by atoms with Gasteiger partial charge in [0.2, 0.25) is 5.91 Å². The Kier molecular flexibility index (Phi) is 5.30. The van der Waals surface area contributed by atoms with E-state index < -0.39 is 23.6 Å². The summed E-state index contributed by atoms with van der Waals surface area (Å²) in [5, 5.41) is 12.5. The van der Waals surface area contributed by atoms with Gasteiger partial charge < -0.3 is 10.6 Å². The van der Waals surface area contributed by atoms with Crippen molar-refractivity contribution in [3.8, 4) is 0 Å². The molecule has 0 radical (unpaired) electrons. The third-order valence-electron chi connectivity index (χ3n) is 3.97. The van der Waals surface area contributed by atoms with Crippen LogP contribution < -0.4 is 10.6 Å². The summed E-state index contributed by atoms with van der Waals surface area (Å²) >= 11 is 0. The van der Waals surface area contributed by atoms with Gasteiger partial charge in [-0.1, -0.05) is 17.7 Å². The first-order chi connectivity index (χ1) is 13.2. The summed E-state index contributed by atoms with van der Waals surface area (Å²) in [5.41, 5.74) is 0.799. The van der Waals surface area contributed by atoms with Gasteiger partial charge in [-0.3, -0.25) is 14.0 Å². The van der Waals surface area contributed by atoms with E-state index in [1.54, 1.807) is 24.3 Å². The third kappa shape index (κ3) is 4.45. The molecule has 3 aromatic rings. The highest BCUT2D eigenvalue weighted by Crippen LogP contribution is 2.29. The van der Waals surface area contributed by atoms with Crippen LogP contribution in [0.25, 0.3) is 5.65 Å². The van der Waals surface area contributed by atoms with E-state index in [1.807, 2.05) is 6.92 Å². The molecule has 10 heteroatoms. The molecule has 0 saturated heterocycles. The predicted octanol–water partition coefficient (Wildman–Crippen LogP) is 2.10. The number of hydrogen-bond donors (Lipinski definition) is 2. The van der Waals surface area contributed by atoms with Crippen molar-refractivity contribution in [2.24, 2.45) is 0 Å². The van der Waals surface area contributed by atoms with Gasteiger partial charge in [0.15, 0.2) is 11.5 Å². The van der Waals surface area contributed by atoms with Gasteiger partial charge in [0.05, 0.1) is 18.7 Å². The summed E-state index contributed by atoms with van der Waals surface area (Å²) in [6.07, 6.45) is -3.63. The zero-order chi connectivity index (χ0) is 20.3. The van der Waals surface area contributed by atoms with Gasteiger partial charge in [-0.15, -0.1) is 10.2 Å². The highest BCUT2D eigenvalue weighted by atomic mass is 19.4. The van der Waals surface area contributed by atoms with Crippen LogP contribution in [0.3, 0.4) is 0 Å². The largest absolute Gasteiger partial charge is 0.417 e. The number of hydrogen-bond acceptors (Lipinski definition) is 4. The quantitative estimate of drug-likeness (QED) is 0.697. The molecule has 2 amide bonds. The number of nitrogens with zero attached hydrogens (tertiary/aromatic N) is 3. The van der Waals surface area contributed by atoms with Gasteiger partial charge in [-0.05, 0) is 31.2 Å². The molecular formula is C18H16F3N5O2. The summed E-state index contributed by atoms with van der Waals surface area (Å²) in [7, 11) is 0. The van der Waals surface area contributed by atoms with Crippen LogP contribution in [0.5, 0.6) is 0 Å². The zero-order valence-electron chi connectivity index (χ0n) is 14.7. The number of aryl methyl sites for hydroxylation is 1. The van der Waals surface area contributed by atoms with Crippen molar-refractivity contribution in [2.75, 3.05) is 6.54 Å². The van der Waals surface area contributed by atoms with Crippen molar-refractivity contribution in [2.45, 2.75) is 19.6 Å². The lowest BCUT2D eigenvalue weighted by molar-refractivity contribution is -0.137. The Hall–Kier alpha value is -3.43. The number of nitrogens with one attached hydrogen (secondary N) is 2. The standard InChI is InChI=1S/C18H16F3N5O2/c1-11-2-4-12(5-3-11)17(28)23-9-16(27)22-8-15-25-24-14-7-6-13(10-26(14)15)18(19,20)21/h2-7,10H,8-9H2,1H3,(H,22,27)(H,23,28). The maximum atomic E-state index is 12.8. The predicted molar refractivity (Wildman–Crippen MR) is 93.3 cm³/mol. The van der Waals surface area contributed by atoms with Crippen LogP contribution in [-0.4, -0.2) is 33.0 Å². The molecule has 0 bridgehead atoms. The van der Waals surface area contributed by atoms with Crippen molar-refractivity contribution >= 4 is 17.5 Å². The van der Waals surface area contributed by atoms with Gasteiger partial charge in [-0.2, -0.15) is 13.2 Å². The molecule has 3 rings (SSSR count). The topological polar surface area (TPSA) is 88.4 Å². The number of rotatable bonds is 5. The van der Waals surface area contributed by atoms with E-state index in [1.165, 1.54) is 6.07 Å². The Morgan fingerprint density at radius 3 is 2.43 bits per heavy atom. The number of benzene rings is 1. The minimum Gasteiger partial charge on any atom is -0.347 e. The molecule has 0 unspecified atom stereocenters. The maximum Gasteiger partial charge on any atom is 0.417 e. The molecule has 0 saturated carbocycles. The van der Waals surface area contributed by atoms with Crippen LogP contribution in [0, 0.1) is 6.92 Å². The van der Waals surface area contributed by atoms with E-state index in [0.717, 1.165) is 22.2 Å². The Morgan fingerprint density at radius 1 is 1.04 bits per heavy atom. The number of fused-ring (bicyclic) bond motifs is 1. The van der Waals surface area contributed by atoms with Crippen molar-refractivity contribution in [1.82, 2.24) is 25.2 Å². The Morgan fingerprint density at radius 2 is 1.75 bits per heavy atom. The number of amides is 2. The SMILES string of the molecule is Cc1ccc(C(=O)NCC(=O)NCc2nnc3ccc(C(F)(F)F)cn23)cc1. The van der Waals surface area contributed by atoms with E-state index in [2.05, 4.69) is 20.8 Å². The summed E-state index contributed by atoms with van der Waals surface area (Å²) < 4.78 is 39.7. The van der Waals surface area contributed by atoms with Crippen LogP contribution in [-0.2, 0) is 17.5 Å². The second kappa shape index (κ2) is 7.67. The lowest BCUT2D eigenvalue weighted by atomic mass is 10.1. The number of carbonyl (C=O) groups excluding carboxylic acids is 2. The molecule has 2 aromatic heterocycles. The molecule has 0 atom stereocenters. The minimum absolute atomic E-state index is 0.137. The van der Waals surface area contributed by atoms with Crippen molar-refractivity contribution < 1.29 is 22.8 Å². The van der Waals surface area contributed by atoms with Crippen LogP contribution in [0.1, 0.15) is 27.3 Å². The molecule has 0 fully saturated rings. The van der Waals surface area contributed by atoms with Gasteiger partial charge in [-0.25, -0.2) is 0 Å². The number of alkyl halides is 3. The summed E-state index contributed by atoms with van der Waals surface area (Å²) in [5.74, 6) is -0.776. The van der Waals surface area contributed by atoms with Gasteiger partial charge in [0, 0.05) is 11.8 Å². The lowest BCUT2D eigenvalue weighted by Gasteiger charge is -2.08. The molecule has 0 spiro atoms. The van der Waals surface area contributed by atoms with Gasteiger partial charge in [0.25, 0.3) is 5.91 Å². The first-order valence-corrected chi connectivity index (χ1v) is 8.26. The van der Waals surface area contributed by atoms with Crippen LogP contribution in [0.4, 0.5) is 13.2 Å². The summed E-state index contributed by atoms with van der Waals surface area (Å²) in [6, 6.07) is 8.95. The fourth-order valence-electron chi connectivity index (χ4n) is 2.43. The average Bonchev–Trinajstić information content (AvgIpc) is 3.06. The Bertz CT molecular complexity index is 1010. The first kappa shape index (κ1) is 19.3. The molecular weight excluding hydrogens is 375 g/mol. The first-order valence-electron chi connectivity index (χ1n) is 8.26. The van der Waals surface area contributed by atoms with Gasteiger partial charge >= 0.3 is 6.18 Å². The molecule has 0 aliphatic heterocycles. The van der Waals surface area contributed by atoms with Crippen molar-refractivity contribution in [1.29, 1.82) is 0 Å². The van der Waals surface area contributed by atoms with Crippen LogP contribution >= 0.6 is 0 Å². The average molecular weight is 391 g/mol. The second-order valence-corrected chi connectivity index (χ2v) is 6.09. The third-order valence-corrected chi connectivity index (χ3v) is 3.97. The normalized spacial score (nSPS) is 11.4. The van der Waals surface area contributed by atoms with E-state index in [4.69, 9.17) is 0 Å². The maximum absolute atomic E-state index is 12.8. The fourth-order valence-corrected chi connectivity index (χ4v) is 2.43. The molecule has 2 N–H and O–H groups in total. The van der Waals surface area contributed by atoms with Gasteiger partial charge in [0.1, 0.15) is 0 Å². The van der Waals surface area contributed by atoms with Crippen LogP contribution in [0.2, 0.25) is 0 Å². The zero-order valence-corrected chi connectivity index (χ0v) is 14.7. The number of pyridine rings is 1. The smallest absolute Gasteiger partial charge is 0.347 e. The van der Waals surface area contributed by atoms with E-state index >= 15 is 0 Å². The summed E-state index contributed by atoms with van der Waals surface area (Å²) in [4.78, 5) is 23.9. The highest BCUT2D eigenvalue weighted by molar-refractivity contribution is 5.96. The minimum atomic E-state index is -4.50. The number of aromatic nitrogens is 3. The molecule has 146 valence electrons. The second-order valence-electron chi connectivity index (χ2n) is 6.09. The molecule has 7 nitrogen and oxygen atoms in total. The summed E-state index contributed by atoms with van der Waals surface area (Å²) in [6.45, 7) is 1.47. The molecule has 0 aliphatic carbocycles. The fraction of sp³-hybridized carbons (Fsp3) is 0.222. The number of carbonyl (C=O) groups is 2. The van der Waals surface area contributed by atoms with E-state index in [9.17, 15) is 22.8 Å². The lowest BCUT2D eigenvalue weighted by Crippen LogP contribution is -2.36. The van der Waals surface area contributed by atoms with E-state index in [0.29, 0.717) is 5.56 Å². The van der Waals surface area contributed by atoms with Crippen molar-refractivity contribution in [3.05, 3.63) is 65.1 Å². The Balaban J connectivity index is 1.58. The van der Waals surface area contributed by atoms with Crippen molar-refractivity contribution in [3.63, 3.8) is 0 Å². The number of halogens is 3. The van der Waals surface area contributed by atoms with E-state index in [-0.39, 0.29) is 24.6 Å². The highest BCUT2D eigenvalue weighted by Gasteiger charge is 2.31. The Labute approximate surface area is 157 Å². The van der Waals surface area contributed by atoms with Crippen LogP contribution in [0.15, 0.2) is 42.6 Å².